The third-order valence-electron chi connectivity index (χ3n) is 3.07. The zero-order valence-corrected chi connectivity index (χ0v) is 11.4. The van der Waals surface area contributed by atoms with E-state index in [2.05, 4.69) is 61.3 Å². The molecule has 0 aliphatic carbocycles. The average Bonchev–Trinajstić information content (AvgIpc) is 2.37. The summed E-state index contributed by atoms with van der Waals surface area (Å²) in [5.41, 5.74) is 1.33. The summed E-state index contributed by atoms with van der Waals surface area (Å²) in [6.07, 6.45) is 2.49. The lowest BCUT2D eigenvalue weighted by Crippen LogP contribution is -2.41. The number of para-hydroxylation sites is 1. The minimum atomic E-state index is 0.602. The van der Waals surface area contributed by atoms with E-state index < -0.39 is 0 Å². The van der Waals surface area contributed by atoms with Gasteiger partial charge in [0.15, 0.2) is 0 Å². The minimum absolute atomic E-state index is 0.602. The van der Waals surface area contributed by atoms with Crippen molar-refractivity contribution in [3.05, 3.63) is 30.3 Å². The van der Waals surface area contributed by atoms with Gasteiger partial charge in [-0.15, -0.1) is 0 Å². The van der Waals surface area contributed by atoms with Gasteiger partial charge in [0.05, 0.1) is 0 Å². The molecule has 0 spiro atoms. The third-order valence-corrected chi connectivity index (χ3v) is 3.07. The minimum Gasteiger partial charge on any atom is -0.370 e. The maximum Gasteiger partial charge on any atom is 0.0366 e. The van der Waals surface area contributed by atoms with Crippen LogP contribution in [0.4, 0.5) is 5.69 Å². The molecule has 0 aliphatic rings. The highest BCUT2D eigenvalue weighted by atomic mass is 15.1. The largest absolute Gasteiger partial charge is 0.370 e. The first-order chi connectivity index (χ1) is 8.31. The first-order valence-corrected chi connectivity index (χ1v) is 6.85. The summed E-state index contributed by atoms with van der Waals surface area (Å²) in [5, 5.41) is 3.58. The molecule has 0 aliphatic heterocycles. The Morgan fingerprint density at radius 3 is 2.35 bits per heavy atom. The van der Waals surface area contributed by atoms with Gasteiger partial charge in [-0.3, -0.25) is 0 Å². The molecule has 0 bridgehead atoms. The monoisotopic (exact) mass is 234 g/mol. The fraction of sp³-hybridized carbons (Fsp3) is 0.600. The third kappa shape index (κ3) is 4.78. The van der Waals surface area contributed by atoms with Gasteiger partial charge in [-0.2, -0.15) is 0 Å². The Balaban J connectivity index is 2.61. The van der Waals surface area contributed by atoms with Gasteiger partial charge in [0, 0.05) is 24.8 Å². The van der Waals surface area contributed by atoms with Crippen LogP contribution in [-0.4, -0.2) is 25.7 Å². The van der Waals surface area contributed by atoms with Crippen molar-refractivity contribution >= 4 is 5.69 Å². The summed E-state index contributed by atoms with van der Waals surface area (Å²) >= 11 is 0. The first kappa shape index (κ1) is 14.0. The Hall–Kier alpha value is -1.02. The molecule has 1 unspecified atom stereocenters. The standard InChI is InChI=1S/C15H26N2/c1-4-10-14(16-5-2)13-17(6-3)15-11-8-7-9-12-15/h7-9,11-12,14,16H,4-6,10,13H2,1-3H3. The zero-order valence-electron chi connectivity index (χ0n) is 11.4. The molecule has 0 heterocycles. The summed E-state index contributed by atoms with van der Waals surface area (Å²) in [5.74, 6) is 0. The van der Waals surface area contributed by atoms with Crippen LogP contribution in [0.15, 0.2) is 30.3 Å². The van der Waals surface area contributed by atoms with Crippen LogP contribution >= 0.6 is 0 Å². The number of hydrogen-bond acceptors (Lipinski definition) is 2. The number of nitrogens with zero attached hydrogens (tertiary/aromatic N) is 1. The van der Waals surface area contributed by atoms with Gasteiger partial charge in [-0.25, -0.2) is 0 Å². The maximum atomic E-state index is 3.58. The number of nitrogens with one attached hydrogen (secondary N) is 1. The van der Waals surface area contributed by atoms with E-state index in [0.29, 0.717) is 6.04 Å². The van der Waals surface area contributed by atoms with Gasteiger partial charge < -0.3 is 10.2 Å². The summed E-state index contributed by atoms with van der Waals surface area (Å²) in [6.45, 7) is 9.88. The van der Waals surface area contributed by atoms with Gasteiger partial charge >= 0.3 is 0 Å². The quantitative estimate of drug-likeness (QED) is 0.742. The Labute approximate surface area is 106 Å². The lowest BCUT2D eigenvalue weighted by Gasteiger charge is -2.28. The van der Waals surface area contributed by atoms with Gasteiger partial charge in [-0.05, 0) is 32.0 Å². The molecule has 0 saturated heterocycles. The van der Waals surface area contributed by atoms with E-state index in [-0.39, 0.29) is 0 Å². The van der Waals surface area contributed by atoms with E-state index in [1.54, 1.807) is 0 Å². The van der Waals surface area contributed by atoms with Crippen molar-refractivity contribution in [2.45, 2.75) is 39.7 Å². The van der Waals surface area contributed by atoms with Gasteiger partial charge in [0.2, 0.25) is 0 Å². The molecule has 1 aromatic carbocycles. The van der Waals surface area contributed by atoms with E-state index in [0.717, 1.165) is 19.6 Å². The van der Waals surface area contributed by atoms with Gasteiger partial charge in [0.25, 0.3) is 0 Å². The van der Waals surface area contributed by atoms with Crippen LogP contribution in [0.5, 0.6) is 0 Å². The SMILES string of the molecule is CCCC(CN(CC)c1ccccc1)NCC. The van der Waals surface area contributed by atoms with Crippen LogP contribution in [0.1, 0.15) is 33.6 Å². The van der Waals surface area contributed by atoms with E-state index >= 15 is 0 Å². The number of hydrogen-bond donors (Lipinski definition) is 1. The number of rotatable bonds is 8. The fourth-order valence-electron chi connectivity index (χ4n) is 2.22. The Morgan fingerprint density at radius 1 is 1.12 bits per heavy atom. The molecule has 1 N–H and O–H groups in total. The Bertz CT molecular complexity index is 278. The van der Waals surface area contributed by atoms with Crippen molar-refractivity contribution < 1.29 is 0 Å². The predicted molar refractivity (Wildman–Crippen MR) is 76.7 cm³/mol. The van der Waals surface area contributed by atoms with E-state index in [4.69, 9.17) is 0 Å². The molecule has 2 nitrogen and oxygen atoms in total. The molecule has 0 fully saturated rings. The molecular formula is C15H26N2. The molecule has 2 heteroatoms. The van der Waals surface area contributed by atoms with Crippen molar-refractivity contribution in [1.82, 2.24) is 5.32 Å². The Morgan fingerprint density at radius 2 is 1.82 bits per heavy atom. The topological polar surface area (TPSA) is 15.3 Å². The number of benzene rings is 1. The highest BCUT2D eigenvalue weighted by Crippen LogP contribution is 2.14. The van der Waals surface area contributed by atoms with Crippen molar-refractivity contribution in [1.29, 1.82) is 0 Å². The molecule has 1 atom stereocenters. The summed E-state index contributed by atoms with van der Waals surface area (Å²) < 4.78 is 0. The van der Waals surface area contributed by atoms with Crippen molar-refractivity contribution in [3.63, 3.8) is 0 Å². The van der Waals surface area contributed by atoms with E-state index in [1.165, 1.54) is 18.5 Å². The number of likely N-dealkylation sites (N-methyl/N-ethyl adjacent to an activating group) is 2. The van der Waals surface area contributed by atoms with Crippen LogP contribution < -0.4 is 10.2 Å². The fourth-order valence-corrected chi connectivity index (χ4v) is 2.22. The zero-order chi connectivity index (χ0) is 12.5. The smallest absolute Gasteiger partial charge is 0.0366 e. The summed E-state index contributed by atoms with van der Waals surface area (Å²) in [7, 11) is 0. The van der Waals surface area contributed by atoms with E-state index in [9.17, 15) is 0 Å². The molecule has 0 aromatic heterocycles. The van der Waals surface area contributed by atoms with Crippen LogP contribution in [0.2, 0.25) is 0 Å². The van der Waals surface area contributed by atoms with Crippen molar-refractivity contribution in [2.75, 3.05) is 24.5 Å². The normalized spacial score (nSPS) is 12.4. The maximum absolute atomic E-state index is 3.58. The van der Waals surface area contributed by atoms with Crippen LogP contribution in [0, 0.1) is 0 Å². The molecule has 1 aromatic rings. The second-order valence-corrected chi connectivity index (χ2v) is 4.42. The molecule has 96 valence electrons. The van der Waals surface area contributed by atoms with Crippen molar-refractivity contribution in [2.24, 2.45) is 0 Å². The Kier molecular flexibility index (Phi) is 6.71. The molecule has 1 rings (SSSR count). The lowest BCUT2D eigenvalue weighted by atomic mass is 10.1. The second kappa shape index (κ2) is 8.13. The first-order valence-electron chi connectivity index (χ1n) is 6.85. The van der Waals surface area contributed by atoms with Gasteiger partial charge in [0.1, 0.15) is 0 Å². The highest BCUT2D eigenvalue weighted by Gasteiger charge is 2.11. The summed E-state index contributed by atoms with van der Waals surface area (Å²) in [6, 6.07) is 11.3. The summed E-state index contributed by atoms with van der Waals surface area (Å²) in [4.78, 5) is 2.45. The predicted octanol–water partition coefficient (Wildman–Crippen LogP) is 3.29. The van der Waals surface area contributed by atoms with Crippen LogP contribution in [-0.2, 0) is 0 Å². The second-order valence-electron chi connectivity index (χ2n) is 4.42. The molecule has 0 radical (unpaired) electrons. The molecule has 0 amide bonds. The molecule has 17 heavy (non-hydrogen) atoms. The number of anilines is 1. The lowest BCUT2D eigenvalue weighted by molar-refractivity contribution is 0.482. The highest BCUT2D eigenvalue weighted by molar-refractivity contribution is 5.45. The molecule has 0 saturated carbocycles. The van der Waals surface area contributed by atoms with Crippen LogP contribution in [0.3, 0.4) is 0 Å². The van der Waals surface area contributed by atoms with Crippen LogP contribution in [0.25, 0.3) is 0 Å². The van der Waals surface area contributed by atoms with E-state index in [1.807, 2.05) is 0 Å². The van der Waals surface area contributed by atoms with Crippen molar-refractivity contribution in [3.8, 4) is 0 Å². The average molecular weight is 234 g/mol. The van der Waals surface area contributed by atoms with Gasteiger partial charge in [-0.1, -0.05) is 38.5 Å². The molecular weight excluding hydrogens is 208 g/mol.